The Morgan fingerprint density at radius 2 is 1.71 bits per heavy atom. The van der Waals surface area contributed by atoms with Crippen molar-refractivity contribution in [2.75, 3.05) is 20.8 Å². The summed E-state index contributed by atoms with van der Waals surface area (Å²) in [7, 11) is 3.18. The predicted molar refractivity (Wildman–Crippen MR) is 44.5 cm³/mol. The molecule has 7 nitrogen and oxygen atoms in total. The van der Waals surface area contributed by atoms with Gasteiger partial charge in [-0.3, -0.25) is 0 Å². The van der Waals surface area contributed by atoms with E-state index in [1.54, 1.807) is 14.2 Å². The van der Waals surface area contributed by atoms with Gasteiger partial charge < -0.3 is 19.3 Å². The number of rotatable bonds is 5. The highest BCUT2D eigenvalue weighted by Crippen LogP contribution is 2.26. The Morgan fingerprint density at radius 3 is 2.00 bits per heavy atom. The third-order valence-corrected chi connectivity index (χ3v) is 1.82. The highest BCUT2D eigenvalue weighted by Gasteiger charge is 2.39. The Morgan fingerprint density at radius 1 is 1.21 bits per heavy atom. The van der Waals surface area contributed by atoms with Crippen molar-refractivity contribution >= 4 is 0 Å². The first kappa shape index (κ1) is 13.7. The van der Waals surface area contributed by atoms with Crippen molar-refractivity contribution in [2.45, 2.75) is 24.9 Å². The lowest BCUT2D eigenvalue weighted by molar-refractivity contribution is -0.465. The molecule has 1 heterocycles. The molecule has 0 aromatic carbocycles. The molecule has 1 saturated heterocycles. The first-order chi connectivity index (χ1) is 6.73. The summed E-state index contributed by atoms with van der Waals surface area (Å²) in [6, 6.07) is 0. The Hall–Kier alpha value is -0.280. The van der Waals surface area contributed by atoms with E-state index < -0.39 is 0 Å². The molecule has 7 heteroatoms. The minimum atomic E-state index is -0.212. The van der Waals surface area contributed by atoms with Crippen molar-refractivity contribution in [3.8, 4) is 0 Å². The van der Waals surface area contributed by atoms with Crippen LogP contribution in [0.1, 0.15) is 6.42 Å². The van der Waals surface area contributed by atoms with Crippen molar-refractivity contribution in [2.24, 2.45) is 0 Å². The largest absolute Gasteiger partial charge is 0.394 e. The lowest BCUT2D eigenvalue weighted by atomic mass is 10.2. The normalized spacial score (nSPS) is 24.4. The smallest absolute Gasteiger partial charge is 0.159 e. The van der Waals surface area contributed by atoms with Crippen LogP contribution in [0.15, 0.2) is 0 Å². The van der Waals surface area contributed by atoms with Crippen LogP contribution in [0, 0.1) is 0 Å². The molecule has 0 bridgehead atoms. The Balaban J connectivity index is 0.000000500. The predicted octanol–water partition coefficient (Wildman–Crippen LogP) is -0.296. The van der Waals surface area contributed by atoms with Gasteiger partial charge in [0.15, 0.2) is 6.29 Å². The number of hydrogen-bond acceptors (Lipinski definition) is 7. The highest BCUT2D eigenvalue weighted by molar-refractivity contribution is 4.84. The third-order valence-electron chi connectivity index (χ3n) is 1.82. The zero-order valence-corrected chi connectivity index (χ0v) is 8.12. The van der Waals surface area contributed by atoms with Gasteiger partial charge in [0.25, 0.3) is 0 Å². The molecule has 0 aliphatic carbocycles. The minimum Gasteiger partial charge on any atom is -0.394 e. The summed E-state index contributed by atoms with van der Waals surface area (Å²) in [5.74, 6) is 0. The maximum absolute atomic E-state index is 8.63. The fourth-order valence-corrected chi connectivity index (χ4v) is 1.03. The molecule has 14 heavy (non-hydrogen) atoms. The van der Waals surface area contributed by atoms with E-state index in [0.29, 0.717) is 6.42 Å². The molecule has 0 aromatic rings. The summed E-state index contributed by atoms with van der Waals surface area (Å²) < 4.78 is 15.0. The van der Waals surface area contributed by atoms with Crippen LogP contribution in [0.4, 0.5) is 0 Å². The van der Waals surface area contributed by atoms with Gasteiger partial charge >= 0.3 is 0 Å². The first-order valence-electron chi connectivity index (χ1n) is 4.00. The molecule has 0 amide bonds. The molecule has 1 aliphatic rings. The first-order valence-corrected chi connectivity index (χ1v) is 4.00. The topological polar surface area (TPSA) is 101 Å². The van der Waals surface area contributed by atoms with Crippen LogP contribution in [-0.4, -0.2) is 54.9 Å². The van der Waals surface area contributed by atoms with Crippen molar-refractivity contribution in [1.82, 2.24) is 0 Å². The summed E-state index contributed by atoms with van der Waals surface area (Å²) in [5.41, 5.74) is 0. The van der Waals surface area contributed by atoms with Gasteiger partial charge in [-0.15, -0.1) is 0 Å². The second-order valence-corrected chi connectivity index (χ2v) is 2.61. The zero-order valence-electron chi connectivity index (χ0n) is 8.12. The fourth-order valence-electron chi connectivity index (χ4n) is 1.03. The maximum atomic E-state index is 8.63. The quantitative estimate of drug-likeness (QED) is 0.249. The van der Waals surface area contributed by atoms with Crippen LogP contribution >= 0.6 is 0 Å². The van der Waals surface area contributed by atoms with Gasteiger partial charge in [0.1, 0.15) is 6.10 Å². The third kappa shape index (κ3) is 5.45. The molecule has 0 aromatic heterocycles. The molecule has 2 atom stereocenters. The van der Waals surface area contributed by atoms with E-state index in [2.05, 4.69) is 5.04 Å². The van der Waals surface area contributed by atoms with Crippen LogP contribution in [0.2, 0.25) is 0 Å². The zero-order chi connectivity index (χ0) is 11.0. The molecule has 1 rings (SSSR count). The van der Waals surface area contributed by atoms with Gasteiger partial charge in [0, 0.05) is 20.6 Å². The lowest BCUT2D eigenvalue weighted by Crippen LogP contribution is -2.16. The van der Waals surface area contributed by atoms with Gasteiger partial charge in [0.05, 0.1) is 12.7 Å². The molecule has 3 N–H and O–H groups in total. The average molecular weight is 212 g/mol. The van der Waals surface area contributed by atoms with E-state index in [1.165, 1.54) is 0 Å². The number of methoxy groups -OCH3 is 2. The molecule has 0 radical (unpaired) electrons. The minimum absolute atomic E-state index is 0.00259. The Labute approximate surface area is 81.6 Å². The van der Waals surface area contributed by atoms with Crippen LogP contribution in [0.25, 0.3) is 0 Å². The number of aliphatic hydroxyl groups is 1. The number of epoxide rings is 1. The van der Waals surface area contributed by atoms with Crippen molar-refractivity contribution < 1.29 is 34.9 Å². The number of hydrogen-bond donors (Lipinski definition) is 3. The molecular formula is C7H16O7. The summed E-state index contributed by atoms with van der Waals surface area (Å²) in [5, 5.41) is 24.1. The molecule has 0 spiro atoms. The summed E-state index contributed by atoms with van der Waals surface area (Å²) >= 11 is 0. The van der Waals surface area contributed by atoms with Gasteiger partial charge in [-0.05, 0) is 0 Å². The second-order valence-electron chi connectivity index (χ2n) is 2.61. The van der Waals surface area contributed by atoms with Crippen molar-refractivity contribution in [3.63, 3.8) is 0 Å². The molecule has 0 saturated carbocycles. The van der Waals surface area contributed by atoms with E-state index in [0.717, 1.165) is 0 Å². The van der Waals surface area contributed by atoms with Crippen molar-refractivity contribution in [1.29, 1.82) is 0 Å². The SMILES string of the molecule is COC(C[C@H]1O[C@@H]1CO)OC.OOO. The molecule has 0 unspecified atom stereocenters. The van der Waals surface area contributed by atoms with Crippen LogP contribution in [0.3, 0.4) is 0 Å². The summed E-state index contributed by atoms with van der Waals surface area (Å²) in [6.45, 7) is 0.0881. The van der Waals surface area contributed by atoms with Crippen LogP contribution < -0.4 is 0 Å². The van der Waals surface area contributed by atoms with Gasteiger partial charge in [-0.1, -0.05) is 5.04 Å². The molecule has 1 aliphatic heterocycles. The van der Waals surface area contributed by atoms with E-state index in [-0.39, 0.29) is 25.1 Å². The number of ether oxygens (including phenoxy) is 3. The van der Waals surface area contributed by atoms with Gasteiger partial charge in [-0.2, -0.15) is 0 Å². The highest BCUT2D eigenvalue weighted by atomic mass is 17.4. The summed E-state index contributed by atoms with van der Waals surface area (Å²) in [6.07, 6.45) is 0.599. The fraction of sp³-hybridized carbons (Fsp3) is 1.00. The van der Waals surface area contributed by atoms with E-state index in [9.17, 15) is 0 Å². The van der Waals surface area contributed by atoms with Gasteiger partial charge in [-0.25, -0.2) is 10.5 Å². The average Bonchev–Trinajstić information content (AvgIpc) is 2.94. The monoisotopic (exact) mass is 212 g/mol. The molecule has 1 fully saturated rings. The van der Waals surface area contributed by atoms with Gasteiger partial charge in [0.2, 0.25) is 0 Å². The second kappa shape index (κ2) is 8.06. The van der Waals surface area contributed by atoms with Crippen molar-refractivity contribution in [3.05, 3.63) is 0 Å². The molecular weight excluding hydrogens is 196 g/mol. The maximum Gasteiger partial charge on any atom is 0.159 e. The number of aliphatic hydroxyl groups excluding tert-OH is 1. The Kier molecular flexibility index (Phi) is 7.90. The Bertz CT molecular complexity index is 127. The standard InChI is InChI=1S/C7H14O4.H2O3/c1-9-7(10-2)3-5-6(4-8)11-5;1-3-2/h5-8H,3-4H2,1-2H3;1-2H/t5-,6-;/m1./s1. The summed E-state index contributed by atoms with van der Waals surface area (Å²) in [4.78, 5) is 0. The van der Waals surface area contributed by atoms with E-state index >= 15 is 0 Å². The lowest BCUT2D eigenvalue weighted by Gasteiger charge is -2.10. The van der Waals surface area contributed by atoms with Crippen LogP contribution in [-0.2, 0) is 19.2 Å². The molecule has 86 valence electrons. The van der Waals surface area contributed by atoms with E-state index in [4.69, 9.17) is 29.8 Å². The van der Waals surface area contributed by atoms with Crippen LogP contribution in [0.5, 0.6) is 0 Å². The van der Waals surface area contributed by atoms with E-state index in [1.807, 2.05) is 0 Å².